The van der Waals surface area contributed by atoms with Crippen LogP contribution in [0.25, 0.3) is 0 Å². The number of carbonyl (C=O) groups is 1. The summed E-state index contributed by atoms with van der Waals surface area (Å²) in [5, 5.41) is 3.16. The van der Waals surface area contributed by atoms with Crippen LogP contribution in [0.5, 0.6) is 0 Å². The lowest BCUT2D eigenvalue weighted by atomic mass is 9.95. The van der Waals surface area contributed by atoms with Crippen LogP contribution in [0.4, 0.5) is 0 Å². The molecule has 4 heteroatoms. The van der Waals surface area contributed by atoms with Gasteiger partial charge in [0.05, 0.1) is 19.3 Å². The van der Waals surface area contributed by atoms with Gasteiger partial charge < -0.3 is 10.1 Å². The minimum atomic E-state index is 0.113. The molecule has 126 valence electrons. The fourth-order valence-corrected chi connectivity index (χ4v) is 3.16. The first-order chi connectivity index (χ1) is 11.8. The number of ether oxygens (including phenoxy) is 1. The van der Waals surface area contributed by atoms with Crippen LogP contribution in [-0.4, -0.2) is 30.1 Å². The van der Waals surface area contributed by atoms with Gasteiger partial charge >= 0.3 is 0 Å². The molecule has 1 aliphatic rings. The molecule has 4 nitrogen and oxygen atoms in total. The van der Waals surface area contributed by atoms with Crippen molar-refractivity contribution < 1.29 is 9.53 Å². The van der Waals surface area contributed by atoms with E-state index >= 15 is 0 Å². The first kappa shape index (κ1) is 16.7. The minimum absolute atomic E-state index is 0.113. The van der Waals surface area contributed by atoms with Gasteiger partial charge in [-0.25, -0.2) is 0 Å². The van der Waals surface area contributed by atoms with E-state index in [2.05, 4.69) is 22.4 Å². The summed E-state index contributed by atoms with van der Waals surface area (Å²) in [4.78, 5) is 16.3. The zero-order valence-corrected chi connectivity index (χ0v) is 13.9. The van der Waals surface area contributed by atoms with E-state index in [0.29, 0.717) is 25.6 Å². The number of benzene rings is 1. The van der Waals surface area contributed by atoms with E-state index in [4.69, 9.17) is 4.74 Å². The Morgan fingerprint density at radius 2 is 1.88 bits per heavy atom. The van der Waals surface area contributed by atoms with Crippen LogP contribution in [0, 0.1) is 5.92 Å². The standard InChI is InChI=1S/C20H24N2O2/c23-20(8-4-7-16-5-2-1-3-6-16)22-19-15-24-14-18(19)13-17-9-11-21-12-10-17/h1-3,5-6,9-12,18-19H,4,7-8,13-15H2,(H,22,23)/t18-,19-/m1/s1. The van der Waals surface area contributed by atoms with Gasteiger partial charge in [0.2, 0.25) is 5.91 Å². The van der Waals surface area contributed by atoms with Gasteiger partial charge in [-0.1, -0.05) is 30.3 Å². The van der Waals surface area contributed by atoms with Crippen LogP contribution < -0.4 is 5.32 Å². The summed E-state index contributed by atoms with van der Waals surface area (Å²) >= 11 is 0. The van der Waals surface area contributed by atoms with E-state index in [0.717, 1.165) is 19.3 Å². The highest BCUT2D eigenvalue weighted by Gasteiger charge is 2.29. The third-order valence-electron chi connectivity index (χ3n) is 4.50. The summed E-state index contributed by atoms with van der Waals surface area (Å²) in [5.41, 5.74) is 2.52. The Morgan fingerprint density at radius 3 is 2.67 bits per heavy atom. The molecule has 1 fully saturated rings. The lowest BCUT2D eigenvalue weighted by Gasteiger charge is -2.19. The Bertz CT molecular complexity index is 631. The Labute approximate surface area is 143 Å². The van der Waals surface area contributed by atoms with Gasteiger partial charge in [-0.2, -0.15) is 0 Å². The molecule has 2 atom stereocenters. The highest BCUT2D eigenvalue weighted by molar-refractivity contribution is 5.76. The van der Waals surface area contributed by atoms with Crippen LogP contribution in [0.1, 0.15) is 24.0 Å². The predicted octanol–water partition coefficient (Wildman–Crippen LogP) is 2.78. The maximum absolute atomic E-state index is 12.2. The molecule has 3 rings (SSSR count). The van der Waals surface area contributed by atoms with Gasteiger partial charge in [0.1, 0.15) is 0 Å². The maximum atomic E-state index is 12.2. The molecule has 0 unspecified atom stereocenters. The van der Waals surface area contributed by atoms with E-state index in [1.807, 2.05) is 42.7 Å². The quantitative estimate of drug-likeness (QED) is 0.852. The number of aryl methyl sites for hydroxylation is 1. The summed E-state index contributed by atoms with van der Waals surface area (Å²) in [6.45, 7) is 1.32. The Balaban J connectivity index is 1.43. The summed E-state index contributed by atoms with van der Waals surface area (Å²) < 4.78 is 5.59. The van der Waals surface area contributed by atoms with Gasteiger partial charge in [0.15, 0.2) is 0 Å². The molecule has 1 saturated heterocycles. The number of rotatable bonds is 7. The van der Waals surface area contributed by atoms with Gasteiger partial charge in [-0.05, 0) is 42.5 Å². The Kier molecular flexibility index (Phi) is 5.96. The summed E-state index contributed by atoms with van der Waals surface area (Å²) in [7, 11) is 0. The number of nitrogens with zero attached hydrogens (tertiary/aromatic N) is 1. The van der Waals surface area contributed by atoms with Gasteiger partial charge in [0, 0.05) is 24.7 Å². The molecule has 0 spiro atoms. The van der Waals surface area contributed by atoms with E-state index in [-0.39, 0.29) is 11.9 Å². The van der Waals surface area contributed by atoms with E-state index in [1.165, 1.54) is 11.1 Å². The molecule has 1 aromatic carbocycles. The van der Waals surface area contributed by atoms with Crippen molar-refractivity contribution >= 4 is 5.91 Å². The lowest BCUT2D eigenvalue weighted by molar-refractivity contribution is -0.122. The summed E-state index contributed by atoms with van der Waals surface area (Å²) in [5.74, 6) is 0.464. The van der Waals surface area contributed by atoms with Crippen LogP contribution >= 0.6 is 0 Å². The largest absolute Gasteiger partial charge is 0.379 e. The van der Waals surface area contributed by atoms with Crippen molar-refractivity contribution in [1.82, 2.24) is 10.3 Å². The molecule has 0 saturated carbocycles. The van der Waals surface area contributed by atoms with Crippen molar-refractivity contribution in [2.45, 2.75) is 31.7 Å². The van der Waals surface area contributed by atoms with Crippen molar-refractivity contribution in [1.29, 1.82) is 0 Å². The molecule has 2 aromatic rings. The number of nitrogens with one attached hydrogen (secondary N) is 1. The summed E-state index contributed by atoms with van der Waals surface area (Å²) in [6.07, 6.45) is 6.91. The fraction of sp³-hybridized carbons (Fsp3) is 0.400. The number of carbonyl (C=O) groups excluding carboxylic acids is 1. The number of hydrogen-bond acceptors (Lipinski definition) is 3. The highest BCUT2D eigenvalue weighted by atomic mass is 16.5. The van der Waals surface area contributed by atoms with Crippen molar-refractivity contribution in [2.75, 3.05) is 13.2 Å². The number of aromatic nitrogens is 1. The van der Waals surface area contributed by atoms with Crippen molar-refractivity contribution in [3.05, 3.63) is 66.0 Å². The second kappa shape index (κ2) is 8.60. The normalized spacial score (nSPS) is 20.0. The number of hydrogen-bond donors (Lipinski definition) is 1. The molecule has 1 N–H and O–H groups in total. The molecule has 2 heterocycles. The molecule has 1 amide bonds. The average molecular weight is 324 g/mol. The molecule has 1 aromatic heterocycles. The Morgan fingerprint density at radius 1 is 1.08 bits per heavy atom. The molecule has 0 aliphatic carbocycles. The van der Waals surface area contributed by atoms with Crippen LogP contribution in [-0.2, 0) is 22.4 Å². The molecular weight excluding hydrogens is 300 g/mol. The zero-order chi connectivity index (χ0) is 16.6. The monoisotopic (exact) mass is 324 g/mol. The first-order valence-corrected chi connectivity index (χ1v) is 8.61. The van der Waals surface area contributed by atoms with Crippen molar-refractivity contribution in [3.63, 3.8) is 0 Å². The number of amides is 1. The SMILES string of the molecule is O=C(CCCc1ccccc1)N[C@@H]1COC[C@H]1Cc1ccncc1. The van der Waals surface area contributed by atoms with E-state index in [9.17, 15) is 4.79 Å². The number of pyridine rings is 1. The van der Waals surface area contributed by atoms with E-state index < -0.39 is 0 Å². The summed E-state index contributed by atoms with van der Waals surface area (Å²) in [6, 6.07) is 14.5. The highest BCUT2D eigenvalue weighted by Crippen LogP contribution is 2.19. The van der Waals surface area contributed by atoms with Crippen molar-refractivity contribution in [3.8, 4) is 0 Å². The smallest absolute Gasteiger partial charge is 0.220 e. The fourth-order valence-electron chi connectivity index (χ4n) is 3.16. The molecule has 1 aliphatic heterocycles. The van der Waals surface area contributed by atoms with Crippen LogP contribution in [0.15, 0.2) is 54.9 Å². The van der Waals surface area contributed by atoms with Crippen LogP contribution in [0.3, 0.4) is 0 Å². The average Bonchev–Trinajstić information content (AvgIpc) is 3.03. The second-order valence-corrected chi connectivity index (χ2v) is 6.37. The molecule has 0 radical (unpaired) electrons. The Hall–Kier alpha value is -2.20. The van der Waals surface area contributed by atoms with Crippen LogP contribution in [0.2, 0.25) is 0 Å². The second-order valence-electron chi connectivity index (χ2n) is 6.37. The third kappa shape index (κ3) is 4.90. The maximum Gasteiger partial charge on any atom is 0.220 e. The van der Waals surface area contributed by atoms with Gasteiger partial charge in [-0.3, -0.25) is 9.78 Å². The topological polar surface area (TPSA) is 51.2 Å². The van der Waals surface area contributed by atoms with E-state index in [1.54, 1.807) is 0 Å². The molecule has 0 bridgehead atoms. The van der Waals surface area contributed by atoms with Gasteiger partial charge in [0.25, 0.3) is 0 Å². The predicted molar refractivity (Wildman–Crippen MR) is 93.6 cm³/mol. The van der Waals surface area contributed by atoms with Crippen molar-refractivity contribution in [2.24, 2.45) is 5.92 Å². The third-order valence-corrected chi connectivity index (χ3v) is 4.50. The molecule has 24 heavy (non-hydrogen) atoms. The molecular formula is C20H24N2O2. The minimum Gasteiger partial charge on any atom is -0.379 e. The lowest BCUT2D eigenvalue weighted by Crippen LogP contribution is -2.40. The van der Waals surface area contributed by atoms with Gasteiger partial charge in [-0.15, -0.1) is 0 Å². The zero-order valence-electron chi connectivity index (χ0n) is 13.9. The first-order valence-electron chi connectivity index (χ1n) is 8.61.